The van der Waals surface area contributed by atoms with E-state index in [9.17, 15) is 5.26 Å². The Labute approximate surface area is 117 Å². The van der Waals surface area contributed by atoms with Crippen LogP contribution in [0.2, 0.25) is 0 Å². The number of nitrogens with zero attached hydrogens (tertiary/aromatic N) is 2. The Morgan fingerprint density at radius 3 is 2.56 bits per heavy atom. The Hall–Kier alpha value is -1.05. The molecule has 1 N–H and O–H groups in total. The molecule has 1 saturated heterocycles. The Morgan fingerprint density at radius 2 is 2.06 bits per heavy atom. The highest BCUT2D eigenvalue weighted by atomic mass is 79.9. The molecule has 1 atom stereocenters. The smallest absolute Gasteiger partial charge is 0.139 e. The first kappa shape index (κ1) is 13.4. The molecule has 1 heterocycles. The first-order valence-corrected chi connectivity index (χ1v) is 7.03. The highest BCUT2D eigenvalue weighted by molar-refractivity contribution is 9.10. The zero-order valence-corrected chi connectivity index (χ0v) is 12.4. The monoisotopic (exact) mass is 307 g/mol. The SMILES string of the molecule is CC(C)N1CCC(C#N)(Nc2ccc(Br)cc2)C1. The van der Waals surface area contributed by atoms with Gasteiger partial charge in [0.2, 0.25) is 0 Å². The number of rotatable bonds is 3. The lowest BCUT2D eigenvalue weighted by Gasteiger charge is -2.26. The van der Waals surface area contributed by atoms with Crippen LogP contribution in [0.5, 0.6) is 0 Å². The van der Waals surface area contributed by atoms with E-state index in [-0.39, 0.29) is 0 Å². The Kier molecular flexibility index (Phi) is 3.94. The van der Waals surface area contributed by atoms with Crippen molar-refractivity contribution in [3.8, 4) is 6.07 Å². The van der Waals surface area contributed by atoms with Gasteiger partial charge in [0.25, 0.3) is 0 Å². The van der Waals surface area contributed by atoms with Crippen molar-refractivity contribution in [3.05, 3.63) is 28.7 Å². The van der Waals surface area contributed by atoms with E-state index in [1.807, 2.05) is 24.3 Å². The summed E-state index contributed by atoms with van der Waals surface area (Å²) >= 11 is 3.42. The van der Waals surface area contributed by atoms with Gasteiger partial charge in [-0.1, -0.05) is 15.9 Å². The van der Waals surface area contributed by atoms with Gasteiger partial charge in [-0.05, 0) is 44.5 Å². The second-order valence-corrected chi connectivity index (χ2v) is 6.06. The van der Waals surface area contributed by atoms with Crippen LogP contribution in [0.3, 0.4) is 0 Å². The van der Waals surface area contributed by atoms with Gasteiger partial charge in [-0.25, -0.2) is 0 Å². The summed E-state index contributed by atoms with van der Waals surface area (Å²) < 4.78 is 1.05. The molecule has 0 aromatic heterocycles. The molecule has 0 spiro atoms. The van der Waals surface area contributed by atoms with Gasteiger partial charge in [-0.2, -0.15) is 5.26 Å². The van der Waals surface area contributed by atoms with Gasteiger partial charge in [0, 0.05) is 29.3 Å². The molecule has 1 aliphatic heterocycles. The third kappa shape index (κ3) is 2.85. The van der Waals surface area contributed by atoms with Crippen LogP contribution in [0, 0.1) is 11.3 Å². The molecule has 96 valence electrons. The molecule has 18 heavy (non-hydrogen) atoms. The molecule has 2 rings (SSSR count). The summed E-state index contributed by atoms with van der Waals surface area (Å²) in [5, 5.41) is 12.9. The summed E-state index contributed by atoms with van der Waals surface area (Å²) in [6, 6.07) is 10.9. The minimum absolute atomic E-state index is 0.446. The van der Waals surface area contributed by atoms with Gasteiger partial charge >= 0.3 is 0 Å². The normalized spacial score (nSPS) is 24.2. The fraction of sp³-hybridized carbons (Fsp3) is 0.500. The summed E-state index contributed by atoms with van der Waals surface area (Å²) in [7, 11) is 0. The molecule has 1 fully saturated rings. The van der Waals surface area contributed by atoms with Crippen molar-refractivity contribution in [1.82, 2.24) is 4.90 Å². The molecular formula is C14H18BrN3. The molecule has 0 bridgehead atoms. The summed E-state index contributed by atoms with van der Waals surface area (Å²) in [5.74, 6) is 0. The second-order valence-electron chi connectivity index (χ2n) is 5.14. The number of halogens is 1. The van der Waals surface area contributed by atoms with Crippen molar-refractivity contribution < 1.29 is 0 Å². The molecule has 1 aromatic rings. The number of likely N-dealkylation sites (tertiary alicyclic amines) is 1. The van der Waals surface area contributed by atoms with Crippen molar-refractivity contribution in [2.75, 3.05) is 18.4 Å². The second kappa shape index (κ2) is 5.29. The number of nitrogens with one attached hydrogen (secondary N) is 1. The van der Waals surface area contributed by atoms with Gasteiger partial charge in [0.15, 0.2) is 0 Å². The zero-order chi connectivity index (χ0) is 13.2. The van der Waals surface area contributed by atoms with Crippen LogP contribution in [0.15, 0.2) is 28.7 Å². The number of benzene rings is 1. The van der Waals surface area contributed by atoms with E-state index < -0.39 is 5.54 Å². The van der Waals surface area contributed by atoms with Crippen LogP contribution in [-0.4, -0.2) is 29.6 Å². The molecule has 1 aliphatic rings. The maximum absolute atomic E-state index is 9.48. The van der Waals surface area contributed by atoms with Gasteiger partial charge in [0.05, 0.1) is 6.07 Å². The van der Waals surface area contributed by atoms with Crippen molar-refractivity contribution in [2.24, 2.45) is 0 Å². The number of nitriles is 1. The Balaban J connectivity index is 2.11. The molecule has 3 nitrogen and oxygen atoms in total. The topological polar surface area (TPSA) is 39.1 Å². The average molecular weight is 308 g/mol. The van der Waals surface area contributed by atoms with Crippen LogP contribution in [0.1, 0.15) is 20.3 Å². The first-order chi connectivity index (χ1) is 8.54. The van der Waals surface area contributed by atoms with Gasteiger partial charge in [0.1, 0.15) is 5.54 Å². The minimum atomic E-state index is -0.446. The third-order valence-electron chi connectivity index (χ3n) is 3.47. The van der Waals surface area contributed by atoms with Crippen molar-refractivity contribution in [2.45, 2.75) is 31.8 Å². The lowest BCUT2D eigenvalue weighted by molar-refractivity contribution is 0.268. The molecule has 0 aliphatic carbocycles. The number of hydrogen-bond donors (Lipinski definition) is 1. The zero-order valence-electron chi connectivity index (χ0n) is 10.8. The lowest BCUT2D eigenvalue weighted by Crippen LogP contribution is -2.41. The Morgan fingerprint density at radius 1 is 1.39 bits per heavy atom. The van der Waals surface area contributed by atoms with Crippen LogP contribution in [0.4, 0.5) is 5.69 Å². The summed E-state index contributed by atoms with van der Waals surface area (Å²) in [6.07, 6.45) is 0.873. The minimum Gasteiger partial charge on any atom is -0.366 e. The number of anilines is 1. The standard InChI is InChI=1S/C14H18BrN3/c1-11(2)18-8-7-14(9-16,10-18)17-13-5-3-12(15)4-6-13/h3-6,11,17H,7-8,10H2,1-2H3. The predicted octanol–water partition coefficient (Wildman–Crippen LogP) is 3.24. The quantitative estimate of drug-likeness (QED) is 0.932. The van der Waals surface area contributed by atoms with E-state index in [1.54, 1.807) is 0 Å². The predicted molar refractivity (Wildman–Crippen MR) is 77.4 cm³/mol. The summed E-state index contributed by atoms with van der Waals surface area (Å²) in [5.41, 5.74) is 0.559. The van der Waals surface area contributed by atoms with Gasteiger partial charge in [-0.15, -0.1) is 0 Å². The molecule has 0 radical (unpaired) electrons. The first-order valence-electron chi connectivity index (χ1n) is 6.24. The molecule has 0 saturated carbocycles. The lowest BCUT2D eigenvalue weighted by atomic mass is 10.0. The maximum Gasteiger partial charge on any atom is 0.139 e. The summed E-state index contributed by atoms with van der Waals surface area (Å²) in [4.78, 5) is 2.34. The van der Waals surface area contributed by atoms with Crippen LogP contribution >= 0.6 is 15.9 Å². The van der Waals surface area contributed by atoms with Gasteiger partial charge in [-0.3, -0.25) is 4.90 Å². The van der Waals surface area contributed by atoms with E-state index >= 15 is 0 Å². The van der Waals surface area contributed by atoms with Crippen LogP contribution in [0.25, 0.3) is 0 Å². The largest absolute Gasteiger partial charge is 0.366 e. The highest BCUT2D eigenvalue weighted by Gasteiger charge is 2.39. The fourth-order valence-corrected chi connectivity index (χ4v) is 2.58. The molecule has 4 heteroatoms. The maximum atomic E-state index is 9.48. The third-order valence-corrected chi connectivity index (χ3v) is 4.00. The van der Waals surface area contributed by atoms with Gasteiger partial charge < -0.3 is 5.32 Å². The Bertz CT molecular complexity index is 449. The molecule has 0 amide bonds. The van der Waals surface area contributed by atoms with Crippen molar-refractivity contribution in [1.29, 1.82) is 5.26 Å². The van der Waals surface area contributed by atoms with E-state index in [1.165, 1.54) is 0 Å². The average Bonchev–Trinajstić information content (AvgIpc) is 2.77. The van der Waals surface area contributed by atoms with E-state index in [2.05, 4.69) is 46.1 Å². The molecule has 1 unspecified atom stereocenters. The number of hydrogen-bond acceptors (Lipinski definition) is 3. The highest BCUT2D eigenvalue weighted by Crippen LogP contribution is 2.27. The summed E-state index contributed by atoms with van der Waals surface area (Å²) in [6.45, 7) is 6.12. The van der Waals surface area contributed by atoms with Crippen LogP contribution in [-0.2, 0) is 0 Å². The fourth-order valence-electron chi connectivity index (χ4n) is 2.31. The van der Waals surface area contributed by atoms with E-state index in [0.717, 1.165) is 29.7 Å². The van der Waals surface area contributed by atoms with Crippen LogP contribution < -0.4 is 5.32 Å². The van der Waals surface area contributed by atoms with E-state index in [4.69, 9.17) is 0 Å². The molecule has 1 aromatic carbocycles. The molecular weight excluding hydrogens is 290 g/mol. The van der Waals surface area contributed by atoms with Crippen molar-refractivity contribution in [3.63, 3.8) is 0 Å². The van der Waals surface area contributed by atoms with E-state index in [0.29, 0.717) is 6.04 Å². The van der Waals surface area contributed by atoms with Crippen molar-refractivity contribution >= 4 is 21.6 Å².